The summed E-state index contributed by atoms with van der Waals surface area (Å²) in [4.78, 5) is 11.3. The quantitative estimate of drug-likeness (QED) is 0.910. The maximum atomic E-state index is 5.74. The van der Waals surface area contributed by atoms with Gasteiger partial charge in [-0.15, -0.1) is 0 Å². The van der Waals surface area contributed by atoms with Crippen molar-refractivity contribution in [1.82, 2.24) is 15.3 Å². The molecule has 0 saturated carbocycles. The van der Waals surface area contributed by atoms with E-state index in [1.54, 1.807) is 7.11 Å². The van der Waals surface area contributed by atoms with Crippen LogP contribution in [0, 0.1) is 0 Å². The van der Waals surface area contributed by atoms with Gasteiger partial charge in [-0.1, -0.05) is 12.1 Å². The Morgan fingerprint density at radius 1 is 1.27 bits per heavy atom. The van der Waals surface area contributed by atoms with Gasteiger partial charge in [-0.2, -0.15) is 9.97 Å². The first-order valence-electron chi connectivity index (χ1n) is 7.50. The first-order valence-corrected chi connectivity index (χ1v) is 7.50. The number of hydrogen-bond donors (Lipinski definition) is 1. The lowest BCUT2D eigenvalue weighted by Crippen LogP contribution is -2.33. The number of rotatable bonds is 2. The van der Waals surface area contributed by atoms with Crippen molar-refractivity contribution in [3.63, 3.8) is 0 Å². The van der Waals surface area contributed by atoms with E-state index in [9.17, 15) is 0 Å². The third-order valence-electron chi connectivity index (χ3n) is 4.06. The molecule has 6 nitrogen and oxygen atoms in total. The van der Waals surface area contributed by atoms with Crippen LogP contribution in [-0.4, -0.2) is 36.8 Å². The smallest absolute Gasteiger partial charge is 0.318 e. The molecule has 0 aliphatic carbocycles. The zero-order chi connectivity index (χ0) is 14.9. The number of nitrogens with zero attached hydrogens (tertiary/aromatic N) is 3. The predicted molar refractivity (Wildman–Crippen MR) is 82.9 cm³/mol. The Bertz CT molecular complexity index is 705. The Balaban J connectivity index is 1.86. The maximum absolute atomic E-state index is 5.74. The van der Waals surface area contributed by atoms with Crippen molar-refractivity contribution in [3.05, 3.63) is 35.5 Å². The molecule has 3 heterocycles. The van der Waals surface area contributed by atoms with E-state index < -0.39 is 0 Å². The van der Waals surface area contributed by atoms with Crippen molar-refractivity contribution in [3.8, 4) is 11.8 Å². The normalized spacial score (nSPS) is 16.5. The predicted octanol–water partition coefficient (Wildman–Crippen LogP) is 1.66. The molecule has 0 spiro atoms. The number of fused-ring (bicyclic) bond motifs is 2. The Morgan fingerprint density at radius 3 is 3.09 bits per heavy atom. The first-order chi connectivity index (χ1) is 10.9. The highest BCUT2D eigenvalue weighted by Gasteiger charge is 2.26. The lowest BCUT2D eigenvalue weighted by Gasteiger charge is -2.33. The number of nitrogens with one attached hydrogen (secondary N) is 1. The zero-order valence-corrected chi connectivity index (χ0v) is 12.5. The fraction of sp³-hybridized carbons (Fsp3) is 0.375. The SMILES string of the molecule is COc1nc2c(c(N3CCOc4ccccc43)n1)CNCC2. The lowest BCUT2D eigenvalue weighted by atomic mass is 10.1. The maximum Gasteiger partial charge on any atom is 0.318 e. The number of ether oxygens (including phenoxy) is 2. The monoisotopic (exact) mass is 298 g/mol. The molecule has 2 aliphatic heterocycles. The van der Waals surface area contributed by atoms with E-state index in [1.165, 1.54) is 0 Å². The molecule has 0 radical (unpaired) electrons. The van der Waals surface area contributed by atoms with Gasteiger partial charge >= 0.3 is 6.01 Å². The van der Waals surface area contributed by atoms with E-state index in [-0.39, 0.29) is 0 Å². The molecule has 0 amide bonds. The van der Waals surface area contributed by atoms with Crippen molar-refractivity contribution >= 4 is 11.5 Å². The van der Waals surface area contributed by atoms with Crippen LogP contribution < -0.4 is 19.7 Å². The van der Waals surface area contributed by atoms with E-state index in [0.29, 0.717) is 12.6 Å². The van der Waals surface area contributed by atoms with Gasteiger partial charge in [0, 0.05) is 25.1 Å². The summed E-state index contributed by atoms with van der Waals surface area (Å²) in [6.45, 7) is 3.13. The highest BCUT2D eigenvalue weighted by molar-refractivity contribution is 5.70. The Kier molecular flexibility index (Phi) is 3.31. The van der Waals surface area contributed by atoms with Crippen LogP contribution in [0.4, 0.5) is 11.5 Å². The van der Waals surface area contributed by atoms with Crippen LogP contribution in [0.1, 0.15) is 11.3 Å². The van der Waals surface area contributed by atoms with Crippen LogP contribution >= 0.6 is 0 Å². The third kappa shape index (κ3) is 2.16. The van der Waals surface area contributed by atoms with Gasteiger partial charge in [-0.3, -0.25) is 0 Å². The van der Waals surface area contributed by atoms with Crippen LogP contribution in [-0.2, 0) is 13.0 Å². The largest absolute Gasteiger partial charge is 0.490 e. The summed E-state index contributed by atoms with van der Waals surface area (Å²) in [6.07, 6.45) is 0.896. The molecule has 22 heavy (non-hydrogen) atoms. The summed E-state index contributed by atoms with van der Waals surface area (Å²) in [5.41, 5.74) is 3.27. The van der Waals surface area contributed by atoms with E-state index in [4.69, 9.17) is 9.47 Å². The summed E-state index contributed by atoms with van der Waals surface area (Å²) in [5, 5.41) is 3.40. The second kappa shape index (κ2) is 5.46. The summed E-state index contributed by atoms with van der Waals surface area (Å²) in [7, 11) is 1.61. The van der Waals surface area contributed by atoms with E-state index in [2.05, 4.69) is 26.3 Å². The Morgan fingerprint density at radius 2 is 2.18 bits per heavy atom. The average molecular weight is 298 g/mol. The van der Waals surface area contributed by atoms with Crippen LogP contribution in [0.15, 0.2) is 24.3 Å². The minimum absolute atomic E-state index is 0.430. The molecule has 1 N–H and O–H groups in total. The number of methoxy groups -OCH3 is 1. The Hall–Kier alpha value is -2.34. The number of benzene rings is 1. The number of anilines is 2. The fourth-order valence-electron chi connectivity index (χ4n) is 3.01. The second-order valence-electron chi connectivity index (χ2n) is 5.35. The number of hydrogen-bond acceptors (Lipinski definition) is 6. The molecule has 0 bridgehead atoms. The average Bonchev–Trinajstić information content (AvgIpc) is 2.60. The number of para-hydroxylation sites is 2. The highest BCUT2D eigenvalue weighted by Crippen LogP contribution is 2.38. The van der Waals surface area contributed by atoms with E-state index >= 15 is 0 Å². The van der Waals surface area contributed by atoms with Crippen molar-refractivity contribution < 1.29 is 9.47 Å². The van der Waals surface area contributed by atoms with Gasteiger partial charge in [0.2, 0.25) is 0 Å². The molecule has 1 aromatic carbocycles. The molecule has 4 rings (SSSR count). The molecule has 2 aliphatic rings. The van der Waals surface area contributed by atoms with E-state index in [0.717, 1.165) is 54.6 Å². The Labute approximate surface area is 129 Å². The minimum Gasteiger partial charge on any atom is -0.490 e. The molecule has 6 heteroatoms. The molecule has 0 saturated heterocycles. The van der Waals surface area contributed by atoms with Gasteiger partial charge in [-0.25, -0.2) is 0 Å². The lowest BCUT2D eigenvalue weighted by molar-refractivity contribution is 0.313. The topological polar surface area (TPSA) is 59.5 Å². The summed E-state index contributed by atoms with van der Waals surface area (Å²) >= 11 is 0. The standard InChI is InChI=1S/C16H18N4O2/c1-21-16-18-12-6-7-17-10-11(12)15(19-16)20-8-9-22-14-5-3-2-4-13(14)20/h2-5,17H,6-10H2,1H3. The summed E-state index contributed by atoms with van der Waals surface area (Å²) < 4.78 is 11.0. The van der Waals surface area contributed by atoms with Crippen molar-refractivity contribution in [2.45, 2.75) is 13.0 Å². The van der Waals surface area contributed by atoms with Gasteiger partial charge < -0.3 is 19.7 Å². The van der Waals surface area contributed by atoms with Gasteiger partial charge in [0.05, 0.1) is 25.0 Å². The zero-order valence-electron chi connectivity index (χ0n) is 12.5. The minimum atomic E-state index is 0.430. The van der Waals surface area contributed by atoms with Crippen molar-refractivity contribution in [2.24, 2.45) is 0 Å². The van der Waals surface area contributed by atoms with Gasteiger partial charge in [0.15, 0.2) is 0 Å². The second-order valence-corrected chi connectivity index (χ2v) is 5.35. The van der Waals surface area contributed by atoms with Crippen LogP contribution in [0.3, 0.4) is 0 Å². The fourth-order valence-corrected chi connectivity index (χ4v) is 3.01. The van der Waals surface area contributed by atoms with Crippen LogP contribution in [0.2, 0.25) is 0 Å². The first kappa shape index (κ1) is 13.3. The highest BCUT2D eigenvalue weighted by atomic mass is 16.5. The van der Waals surface area contributed by atoms with Gasteiger partial charge in [0.1, 0.15) is 18.2 Å². The molecule has 114 valence electrons. The van der Waals surface area contributed by atoms with E-state index in [1.807, 2.05) is 18.2 Å². The molecular weight excluding hydrogens is 280 g/mol. The molecule has 0 unspecified atom stereocenters. The molecule has 2 aromatic rings. The molecular formula is C16H18N4O2. The summed E-state index contributed by atoms with van der Waals surface area (Å²) in [6, 6.07) is 8.49. The third-order valence-corrected chi connectivity index (χ3v) is 4.06. The van der Waals surface area contributed by atoms with Crippen molar-refractivity contribution in [1.29, 1.82) is 0 Å². The molecule has 0 atom stereocenters. The van der Waals surface area contributed by atoms with Crippen molar-refractivity contribution in [2.75, 3.05) is 31.7 Å². The number of aromatic nitrogens is 2. The van der Waals surface area contributed by atoms with Crippen LogP contribution in [0.5, 0.6) is 11.8 Å². The summed E-state index contributed by atoms with van der Waals surface area (Å²) in [5.74, 6) is 1.81. The van der Waals surface area contributed by atoms with Crippen LogP contribution in [0.25, 0.3) is 0 Å². The van der Waals surface area contributed by atoms with Gasteiger partial charge in [0.25, 0.3) is 0 Å². The molecule has 0 fully saturated rings. The van der Waals surface area contributed by atoms with Gasteiger partial charge in [-0.05, 0) is 12.1 Å². The molecule has 1 aromatic heterocycles.